The SMILES string of the molecule is CCCCCCCCC(CC)CSC(Cc1ccccc1)C(C)C(=O)O. The summed E-state index contributed by atoms with van der Waals surface area (Å²) in [6, 6.07) is 10.3. The standard InChI is InChI=1S/C23H38O2S/c1-4-6-7-8-9-11-14-20(5-2)18-26-22(19(3)23(24)25)17-21-15-12-10-13-16-21/h10,12-13,15-16,19-20,22H,4-9,11,14,17-18H2,1-3H3,(H,24,25). The summed E-state index contributed by atoms with van der Waals surface area (Å²) in [5.41, 5.74) is 1.24. The molecule has 3 heteroatoms. The molecular weight excluding hydrogens is 340 g/mol. The van der Waals surface area contributed by atoms with Crippen LogP contribution in [0.25, 0.3) is 0 Å². The van der Waals surface area contributed by atoms with Crippen molar-refractivity contribution >= 4 is 17.7 Å². The van der Waals surface area contributed by atoms with Crippen LogP contribution in [0.3, 0.4) is 0 Å². The molecule has 26 heavy (non-hydrogen) atoms. The van der Waals surface area contributed by atoms with Crippen molar-refractivity contribution in [2.45, 2.75) is 83.8 Å². The lowest BCUT2D eigenvalue weighted by Gasteiger charge is -2.23. The maximum Gasteiger partial charge on any atom is 0.307 e. The van der Waals surface area contributed by atoms with Gasteiger partial charge in [-0.15, -0.1) is 0 Å². The Hall–Kier alpha value is -0.960. The minimum Gasteiger partial charge on any atom is -0.481 e. The summed E-state index contributed by atoms with van der Waals surface area (Å²) in [6.45, 7) is 6.39. The minimum atomic E-state index is -0.678. The van der Waals surface area contributed by atoms with Gasteiger partial charge >= 0.3 is 5.97 Å². The number of benzene rings is 1. The van der Waals surface area contributed by atoms with E-state index in [0.29, 0.717) is 5.92 Å². The molecule has 0 radical (unpaired) electrons. The average molecular weight is 379 g/mol. The molecule has 0 saturated heterocycles. The van der Waals surface area contributed by atoms with Crippen LogP contribution in [-0.2, 0) is 11.2 Å². The summed E-state index contributed by atoms with van der Waals surface area (Å²) < 4.78 is 0. The first-order chi connectivity index (χ1) is 12.6. The Morgan fingerprint density at radius 1 is 1.04 bits per heavy atom. The molecule has 0 aliphatic rings. The summed E-state index contributed by atoms with van der Waals surface area (Å²) in [5, 5.41) is 9.63. The Labute approximate surface area is 165 Å². The molecule has 0 amide bonds. The molecular formula is C23H38O2S. The number of unbranched alkanes of at least 4 members (excludes halogenated alkanes) is 5. The number of hydrogen-bond acceptors (Lipinski definition) is 2. The third kappa shape index (κ3) is 9.66. The van der Waals surface area contributed by atoms with E-state index in [0.717, 1.165) is 12.2 Å². The zero-order valence-corrected chi connectivity index (χ0v) is 17.8. The van der Waals surface area contributed by atoms with Gasteiger partial charge in [-0.2, -0.15) is 11.8 Å². The number of aliphatic carboxylic acids is 1. The molecule has 148 valence electrons. The van der Waals surface area contributed by atoms with E-state index in [1.54, 1.807) is 0 Å². The second-order valence-corrected chi connectivity index (χ2v) is 8.79. The average Bonchev–Trinajstić information content (AvgIpc) is 2.65. The monoisotopic (exact) mass is 378 g/mol. The predicted octanol–water partition coefficient (Wildman–Crippen LogP) is 6.83. The van der Waals surface area contributed by atoms with Gasteiger partial charge in [-0.05, 0) is 30.1 Å². The number of rotatable bonds is 15. The highest BCUT2D eigenvalue weighted by atomic mass is 32.2. The Balaban J connectivity index is 2.45. The largest absolute Gasteiger partial charge is 0.481 e. The van der Waals surface area contributed by atoms with Crippen molar-refractivity contribution in [1.82, 2.24) is 0 Å². The van der Waals surface area contributed by atoms with E-state index in [1.807, 2.05) is 36.9 Å². The highest BCUT2D eigenvalue weighted by Crippen LogP contribution is 2.29. The maximum absolute atomic E-state index is 11.5. The first kappa shape index (κ1) is 23.1. The molecule has 0 aliphatic carbocycles. The van der Waals surface area contributed by atoms with Crippen molar-refractivity contribution in [2.24, 2.45) is 11.8 Å². The Bertz CT molecular complexity index is 474. The number of hydrogen-bond donors (Lipinski definition) is 1. The molecule has 0 saturated carbocycles. The number of carboxylic acids is 1. The summed E-state index contributed by atoms with van der Waals surface area (Å²) in [5.74, 6) is 0.806. The van der Waals surface area contributed by atoms with Crippen LogP contribution in [0.5, 0.6) is 0 Å². The third-order valence-electron chi connectivity index (χ3n) is 5.32. The summed E-state index contributed by atoms with van der Waals surface area (Å²) >= 11 is 1.88. The molecule has 0 aliphatic heterocycles. The smallest absolute Gasteiger partial charge is 0.307 e. The molecule has 0 fully saturated rings. The van der Waals surface area contributed by atoms with Gasteiger partial charge in [0.25, 0.3) is 0 Å². The molecule has 1 aromatic carbocycles. The zero-order chi connectivity index (χ0) is 19.2. The van der Waals surface area contributed by atoms with Gasteiger partial charge in [0.15, 0.2) is 0 Å². The molecule has 0 spiro atoms. The second kappa shape index (κ2) is 14.1. The van der Waals surface area contributed by atoms with Gasteiger partial charge in [-0.3, -0.25) is 4.79 Å². The fraction of sp³-hybridized carbons (Fsp3) is 0.696. The molecule has 1 N–H and O–H groups in total. The van der Waals surface area contributed by atoms with Gasteiger partial charge in [-0.1, -0.05) is 96.0 Å². The number of thioether (sulfide) groups is 1. The number of carboxylic acid groups (broad SMARTS) is 1. The number of carbonyl (C=O) groups is 1. The molecule has 1 rings (SSSR count). The highest BCUT2D eigenvalue weighted by Gasteiger charge is 2.25. The summed E-state index contributed by atoms with van der Waals surface area (Å²) in [4.78, 5) is 11.5. The molecule has 0 bridgehead atoms. The first-order valence-corrected chi connectivity index (χ1v) is 11.5. The molecule has 1 aromatic rings. The quantitative estimate of drug-likeness (QED) is 0.340. The molecule has 3 atom stereocenters. The lowest BCUT2D eigenvalue weighted by molar-refractivity contribution is -0.141. The molecule has 0 aromatic heterocycles. The third-order valence-corrected chi connectivity index (χ3v) is 6.98. The lowest BCUT2D eigenvalue weighted by Crippen LogP contribution is -2.26. The van der Waals surface area contributed by atoms with Gasteiger partial charge in [0, 0.05) is 5.25 Å². The van der Waals surface area contributed by atoms with Crippen LogP contribution in [-0.4, -0.2) is 22.1 Å². The van der Waals surface area contributed by atoms with E-state index in [4.69, 9.17) is 0 Å². The van der Waals surface area contributed by atoms with Gasteiger partial charge in [0.1, 0.15) is 0 Å². The Morgan fingerprint density at radius 2 is 1.69 bits per heavy atom. The summed E-state index contributed by atoms with van der Waals surface area (Å²) in [7, 11) is 0. The van der Waals surface area contributed by atoms with Crippen LogP contribution < -0.4 is 0 Å². The van der Waals surface area contributed by atoms with Crippen molar-refractivity contribution in [3.8, 4) is 0 Å². The minimum absolute atomic E-state index is 0.147. The van der Waals surface area contributed by atoms with Crippen LogP contribution in [0, 0.1) is 11.8 Å². The summed E-state index contributed by atoms with van der Waals surface area (Å²) in [6.07, 6.45) is 11.4. The fourth-order valence-electron chi connectivity index (χ4n) is 3.26. The van der Waals surface area contributed by atoms with Gasteiger partial charge in [-0.25, -0.2) is 0 Å². The van der Waals surface area contributed by atoms with Crippen molar-refractivity contribution in [2.75, 3.05) is 5.75 Å². The Morgan fingerprint density at radius 3 is 2.31 bits per heavy atom. The van der Waals surface area contributed by atoms with Gasteiger partial charge < -0.3 is 5.11 Å². The van der Waals surface area contributed by atoms with Crippen LogP contribution in [0.2, 0.25) is 0 Å². The first-order valence-electron chi connectivity index (χ1n) is 10.5. The van der Waals surface area contributed by atoms with Crippen molar-refractivity contribution in [1.29, 1.82) is 0 Å². The van der Waals surface area contributed by atoms with Gasteiger partial charge in [0.05, 0.1) is 5.92 Å². The van der Waals surface area contributed by atoms with Gasteiger partial charge in [0.2, 0.25) is 0 Å². The van der Waals surface area contributed by atoms with E-state index >= 15 is 0 Å². The maximum atomic E-state index is 11.5. The zero-order valence-electron chi connectivity index (χ0n) is 17.0. The van der Waals surface area contributed by atoms with Crippen LogP contribution in [0.15, 0.2) is 30.3 Å². The topological polar surface area (TPSA) is 37.3 Å². The van der Waals surface area contributed by atoms with E-state index in [2.05, 4.69) is 26.0 Å². The van der Waals surface area contributed by atoms with Crippen LogP contribution >= 0.6 is 11.8 Å². The van der Waals surface area contributed by atoms with Crippen molar-refractivity contribution in [3.63, 3.8) is 0 Å². The predicted molar refractivity (Wildman–Crippen MR) is 115 cm³/mol. The molecule has 2 nitrogen and oxygen atoms in total. The van der Waals surface area contributed by atoms with Crippen molar-refractivity contribution in [3.05, 3.63) is 35.9 Å². The Kier molecular flexibility index (Phi) is 12.6. The van der Waals surface area contributed by atoms with Crippen molar-refractivity contribution < 1.29 is 9.90 Å². The van der Waals surface area contributed by atoms with Crippen LogP contribution in [0.4, 0.5) is 0 Å². The molecule has 3 unspecified atom stereocenters. The van der Waals surface area contributed by atoms with Crippen LogP contribution in [0.1, 0.15) is 77.7 Å². The lowest BCUT2D eigenvalue weighted by atomic mass is 9.99. The van der Waals surface area contributed by atoms with E-state index in [-0.39, 0.29) is 11.2 Å². The fourth-order valence-corrected chi connectivity index (χ4v) is 4.90. The normalized spacial score (nSPS) is 14.7. The highest BCUT2D eigenvalue weighted by molar-refractivity contribution is 7.99. The van der Waals surface area contributed by atoms with E-state index < -0.39 is 5.97 Å². The van der Waals surface area contributed by atoms with E-state index in [9.17, 15) is 9.90 Å². The molecule has 0 heterocycles. The van der Waals surface area contributed by atoms with E-state index in [1.165, 1.54) is 56.9 Å². The second-order valence-electron chi connectivity index (χ2n) is 7.52.